The Morgan fingerprint density at radius 2 is 0.954 bits per heavy atom. The molecule has 2 N–H and O–H groups in total. The van der Waals surface area contributed by atoms with Crippen molar-refractivity contribution in [1.82, 2.24) is 9.44 Å². The van der Waals surface area contributed by atoms with E-state index in [1.807, 2.05) is 0 Å². The summed E-state index contributed by atoms with van der Waals surface area (Å²) < 4.78 is 66.4. The second-order valence-corrected chi connectivity index (χ2v) is 24.8. The monoisotopic (exact) mass is 914 g/mol. The van der Waals surface area contributed by atoms with Crippen LogP contribution in [-0.4, -0.2) is 16.8 Å². The van der Waals surface area contributed by atoms with Gasteiger partial charge in [-0.15, -0.1) is 0 Å². The number of rotatable bonds is 14. The predicted octanol–water partition coefficient (Wildman–Crippen LogP) is 12.5. The van der Waals surface area contributed by atoms with E-state index in [4.69, 9.17) is 4.74 Å². The van der Waals surface area contributed by atoms with Crippen molar-refractivity contribution in [3.8, 4) is 11.5 Å². The van der Waals surface area contributed by atoms with E-state index in [1.54, 1.807) is 48.5 Å². The highest BCUT2D eigenvalue weighted by molar-refractivity contribution is 7.90. The summed E-state index contributed by atoms with van der Waals surface area (Å²) in [5.74, 6) is 10.1. The van der Waals surface area contributed by atoms with E-state index in [1.165, 1.54) is 38.5 Å². The maximum Gasteiger partial charge on any atom is 0.261 e. The molecule has 346 valence electrons. The van der Waals surface area contributed by atoms with Crippen LogP contribution in [0.3, 0.4) is 0 Å². The Balaban J connectivity index is 0.714. The zero-order valence-corrected chi connectivity index (χ0v) is 40.3. The van der Waals surface area contributed by atoms with Gasteiger partial charge in [-0.3, -0.25) is 9.44 Å². The molecule has 0 aliphatic heterocycles. The molecular formula is C56H70N2O5S2. The number of ether oxygens (including phenoxy) is 1. The van der Waals surface area contributed by atoms with Crippen LogP contribution in [-0.2, 0) is 20.0 Å². The summed E-state index contributed by atoms with van der Waals surface area (Å²) in [6.07, 6.45) is 40.1. The van der Waals surface area contributed by atoms with Gasteiger partial charge in [-0.2, -0.15) is 0 Å². The standard InChI is InChI=1S/C56H70N2O5S2/c1-5-9-37-29-41(51-13-7-11-49(37)51)17-15-39-27-35(3)53-31-43(33-55(39)53)57-64(59,60)47-23-19-45(20-24-47)63-46-21-25-48(26-22-46)65(61,62)58-44-32-54-36(4)28-40(56(54)34-44)16-18-42-30-38(10-6-2)50-12-8-14-52(42)50/h5-7,9-10,13,15-26,31-32,35-42,49-58H,8,11-12,14,27-30,33-34H2,1-4H3/b9-5+,10-6+,17-15+,18-16+. The lowest BCUT2D eigenvalue weighted by Gasteiger charge is -2.19. The van der Waals surface area contributed by atoms with Gasteiger partial charge in [0.1, 0.15) is 11.5 Å². The van der Waals surface area contributed by atoms with Crippen LogP contribution >= 0.6 is 0 Å². The van der Waals surface area contributed by atoms with E-state index >= 15 is 0 Å². The van der Waals surface area contributed by atoms with Gasteiger partial charge >= 0.3 is 0 Å². The third kappa shape index (κ3) is 8.94. The highest BCUT2D eigenvalue weighted by Gasteiger charge is 2.47. The van der Waals surface area contributed by atoms with E-state index in [0.717, 1.165) is 60.7 Å². The molecule has 16 unspecified atom stereocenters. The molecule has 10 rings (SSSR count). The van der Waals surface area contributed by atoms with Crippen LogP contribution in [0, 0.1) is 94.7 Å². The summed E-state index contributed by atoms with van der Waals surface area (Å²) in [5.41, 5.74) is 1.59. The average molecular weight is 915 g/mol. The highest BCUT2D eigenvalue weighted by atomic mass is 32.2. The molecule has 65 heavy (non-hydrogen) atoms. The minimum atomic E-state index is -3.79. The SMILES string of the molecule is C/C=C/C1CC(/C=C/C2CC(C)C3C=C(NS(=O)(=O)c4ccc(Oc5ccc(S(=O)(=O)NC6=CC7C(C)CC(/C=C/C8CC(/C=C/C)C9CCCC89)C7C6)cc5)cc4)CC23)C2C=CCC12. The molecule has 16 atom stereocenters. The Morgan fingerprint density at radius 1 is 0.523 bits per heavy atom. The van der Waals surface area contributed by atoms with E-state index in [0.29, 0.717) is 82.5 Å². The van der Waals surface area contributed by atoms with Crippen LogP contribution in [0.25, 0.3) is 0 Å². The fraction of sp³-hybridized carbons (Fsp3) is 0.536. The van der Waals surface area contributed by atoms with Crippen LogP contribution in [0.4, 0.5) is 0 Å². The van der Waals surface area contributed by atoms with E-state index in [-0.39, 0.29) is 9.79 Å². The largest absolute Gasteiger partial charge is 0.457 e. The lowest BCUT2D eigenvalue weighted by molar-refractivity contribution is 0.376. The molecule has 0 saturated heterocycles. The van der Waals surface area contributed by atoms with Gasteiger partial charge in [-0.05, 0) is 215 Å². The van der Waals surface area contributed by atoms with Crippen LogP contribution in [0.2, 0.25) is 0 Å². The summed E-state index contributed by atoms with van der Waals surface area (Å²) in [6, 6.07) is 12.8. The summed E-state index contributed by atoms with van der Waals surface area (Å²) >= 11 is 0. The Hall–Kier alpha value is -4.08. The van der Waals surface area contributed by atoms with Gasteiger partial charge in [0, 0.05) is 11.4 Å². The minimum absolute atomic E-state index is 0.173. The number of nitrogens with one attached hydrogen (secondary N) is 2. The average Bonchev–Trinajstić information content (AvgIpc) is 4.15. The third-order valence-electron chi connectivity index (χ3n) is 17.6. The molecule has 8 aliphatic rings. The highest BCUT2D eigenvalue weighted by Crippen LogP contribution is 2.55. The zero-order valence-electron chi connectivity index (χ0n) is 38.7. The van der Waals surface area contributed by atoms with Gasteiger partial charge in [0.15, 0.2) is 0 Å². The summed E-state index contributed by atoms with van der Waals surface area (Å²) in [7, 11) is -7.58. The minimum Gasteiger partial charge on any atom is -0.457 e. The first-order valence-corrected chi connectivity index (χ1v) is 28.0. The van der Waals surface area contributed by atoms with Crippen LogP contribution < -0.4 is 14.2 Å². The van der Waals surface area contributed by atoms with E-state index in [9.17, 15) is 16.8 Å². The zero-order chi connectivity index (χ0) is 45.0. The van der Waals surface area contributed by atoms with Gasteiger partial charge in [0.2, 0.25) is 0 Å². The topological polar surface area (TPSA) is 102 Å². The number of allylic oxidation sites excluding steroid dienone is 14. The van der Waals surface area contributed by atoms with Gasteiger partial charge in [-0.25, -0.2) is 16.8 Å². The van der Waals surface area contributed by atoms with Crippen molar-refractivity contribution in [2.24, 2.45) is 94.7 Å². The fourth-order valence-electron chi connectivity index (χ4n) is 14.7. The lowest BCUT2D eigenvalue weighted by atomic mass is 9.87. The van der Waals surface area contributed by atoms with Gasteiger partial charge < -0.3 is 4.74 Å². The molecule has 0 amide bonds. The number of sulfonamides is 2. The Kier molecular flexibility index (Phi) is 12.5. The summed E-state index contributed by atoms with van der Waals surface area (Å²) in [5, 5.41) is 0. The molecular weight excluding hydrogens is 845 g/mol. The van der Waals surface area contributed by atoms with Crippen LogP contribution in [0.5, 0.6) is 11.5 Å². The second kappa shape index (κ2) is 18.2. The molecule has 0 aromatic heterocycles. The van der Waals surface area contributed by atoms with Gasteiger partial charge in [0.05, 0.1) is 9.79 Å². The Morgan fingerprint density at radius 3 is 1.45 bits per heavy atom. The van der Waals surface area contributed by atoms with Crippen LogP contribution in [0.1, 0.15) is 91.9 Å². The number of hydrogen-bond donors (Lipinski definition) is 2. The van der Waals surface area contributed by atoms with Crippen molar-refractivity contribution in [3.63, 3.8) is 0 Å². The van der Waals surface area contributed by atoms with Crippen molar-refractivity contribution in [3.05, 3.63) is 133 Å². The number of fused-ring (bicyclic) bond motifs is 4. The first-order valence-electron chi connectivity index (χ1n) is 25.0. The molecule has 5 fully saturated rings. The van der Waals surface area contributed by atoms with Gasteiger partial charge in [0.25, 0.3) is 20.0 Å². The quantitative estimate of drug-likeness (QED) is 0.184. The second-order valence-electron chi connectivity index (χ2n) is 21.4. The maximum atomic E-state index is 13.6. The van der Waals surface area contributed by atoms with Crippen LogP contribution in [0.15, 0.2) is 143 Å². The molecule has 2 aromatic carbocycles. The summed E-state index contributed by atoms with van der Waals surface area (Å²) in [6.45, 7) is 8.90. The first-order chi connectivity index (χ1) is 31.4. The normalized spacial score (nSPS) is 38.6. The summed E-state index contributed by atoms with van der Waals surface area (Å²) in [4.78, 5) is 0.351. The lowest BCUT2D eigenvalue weighted by Crippen LogP contribution is -2.23. The molecule has 0 bridgehead atoms. The molecule has 0 heterocycles. The van der Waals surface area contributed by atoms with Gasteiger partial charge in [-0.1, -0.05) is 93.2 Å². The Bertz CT molecular complexity index is 2520. The predicted molar refractivity (Wildman–Crippen MR) is 260 cm³/mol. The molecule has 7 nitrogen and oxygen atoms in total. The van der Waals surface area contributed by atoms with Crippen molar-refractivity contribution in [1.29, 1.82) is 0 Å². The molecule has 8 aliphatic carbocycles. The third-order valence-corrected chi connectivity index (χ3v) is 20.5. The molecule has 0 radical (unpaired) electrons. The molecule has 2 aromatic rings. The van der Waals surface area contributed by atoms with E-state index in [2.05, 4.69) is 110 Å². The fourth-order valence-corrected chi connectivity index (χ4v) is 16.9. The van der Waals surface area contributed by atoms with E-state index < -0.39 is 20.0 Å². The smallest absolute Gasteiger partial charge is 0.261 e. The first kappa shape index (κ1) is 44.7. The molecule has 9 heteroatoms. The molecule has 0 spiro atoms. The maximum absolute atomic E-state index is 13.6. The van der Waals surface area contributed by atoms with Crippen molar-refractivity contribution >= 4 is 20.0 Å². The molecule has 5 saturated carbocycles. The van der Waals surface area contributed by atoms with Crippen molar-refractivity contribution in [2.75, 3.05) is 0 Å². The Labute approximate surface area is 389 Å². The van der Waals surface area contributed by atoms with Crippen molar-refractivity contribution < 1.29 is 21.6 Å². The number of benzene rings is 2. The van der Waals surface area contributed by atoms with Crippen molar-refractivity contribution in [2.45, 2.75) is 102 Å². The number of hydrogen-bond acceptors (Lipinski definition) is 5.